The highest BCUT2D eigenvalue weighted by Gasteiger charge is 2.23. The predicted octanol–water partition coefficient (Wildman–Crippen LogP) is 2.45. The second-order valence-electron chi connectivity index (χ2n) is 7.18. The molecule has 1 aromatic heterocycles. The molecule has 0 saturated heterocycles. The van der Waals surface area contributed by atoms with Gasteiger partial charge in [0.05, 0.1) is 39.6 Å². The number of rotatable bonds is 6. The highest BCUT2D eigenvalue weighted by molar-refractivity contribution is 5.32. The first-order chi connectivity index (χ1) is 14.6. The first kappa shape index (κ1) is 19.8. The summed E-state index contributed by atoms with van der Waals surface area (Å²) in [5, 5.41) is 0. The molecule has 2 heterocycles. The lowest BCUT2D eigenvalue weighted by atomic mass is 10.1. The van der Waals surface area contributed by atoms with Crippen molar-refractivity contribution in [2.75, 3.05) is 20.8 Å². The van der Waals surface area contributed by atoms with Crippen molar-refractivity contribution in [3.63, 3.8) is 0 Å². The molecule has 0 bridgehead atoms. The van der Waals surface area contributed by atoms with E-state index >= 15 is 0 Å². The minimum atomic E-state index is -0.378. The van der Waals surface area contributed by atoms with Crippen LogP contribution in [0.5, 0.6) is 17.2 Å². The number of fused-ring (bicyclic) bond motifs is 1. The Balaban J connectivity index is 1.77. The Morgan fingerprint density at radius 2 is 1.37 bits per heavy atom. The van der Waals surface area contributed by atoms with Crippen LogP contribution in [0.3, 0.4) is 0 Å². The summed E-state index contributed by atoms with van der Waals surface area (Å²) in [6, 6.07) is 14.9. The summed E-state index contributed by atoms with van der Waals surface area (Å²) < 4.78 is 19.0. The Bertz CT molecular complexity index is 1140. The third-order valence-corrected chi connectivity index (χ3v) is 5.29. The van der Waals surface area contributed by atoms with Crippen LogP contribution < -0.4 is 25.5 Å². The van der Waals surface area contributed by atoms with Crippen molar-refractivity contribution in [1.82, 2.24) is 9.13 Å². The molecule has 2 aromatic carbocycles. The summed E-state index contributed by atoms with van der Waals surface area (Å²) in [5.41, 5.74) is 1.73. The lowest BCUT2D eigenvalue weighted by molar-refractivity contribution is 0.269. The molecule has 1 aliphatic heterocycles. The van der Waals surface area contributed by atoms with Gasteiger partial charge < -0.3 is 14.2 Å². The van der Waals surface area contributed by atoms with Crippen LogP contribution in [0.15, 0.2) is 58.1 Å². The molecule has 156 valence electrons. The Kier molecular flexibility index (Phi) is 5.61. The molecule has 7 heteroatoms. The zero-order valence-corrected chi connectivity index (χ0v) is 17.1. The van der Waals surface area contributed by atoms with Crippen molar-refractivity contribution >= 4 is 0 Å². The summed E-state index contributed by atoms with van der Waals surface area (Å²) in [6.07, 6.45) is 1.41. The number of hydrogen-bond donors (Lipinski definition) is 0. The lowest BCUT2D eigenvalue weighted by Gasteiger charge is -2.23. The molecule has 4 rings (SSSR count). The lowest BCUT2D eigenvalue weighted by Crippen LogP contribution is -2.43. The maximum absolute atomic E-state index is 13.3. The second-order valence-corrected chi connectivity index (χ2v) is 7.18. The fourth-order valence-corrected chi connectivity index (χ4v) is 3.65. The molecule has 1 aliphatic rings. The highest BCUT2D eigenvalue weighted by atomic mass is 16.5. The van der Waals surface area contributed by atoms with Crippen molar-refractivity contribution in [2.24, 2.45) is 0 Å². The van der Waals surface area contributed by atoms with Crippen molar-refractivity contribution in [3.8, 4) is 17.2 Å². The van der Waals surface area contributed by atoms with Crippen molar-refractivity contribution in [1.29, 1.82) is 0 Å². The van der Waals surface area contributed by atoms with Crippen LogP contribution in [0, 0.1) is 0 Å². The Hall–Kier alpha value is -3.48. The normalized spacial score (nSPS) is 12.7. The third kappa shape index (κ3) is 3.83. The van der Waals surface area contributed by atoms with Gasteiger partial charge in [-0.25, -0.2) is 4.79 Å². The van der Waals surface area contributed by atoms with Crippen LogP contribution in [-0.2, 0) is 19.5 Å². The number of ether oxygens (including phenoxy) is 3. The van der Waals surface area contributed by atoms with E-state index in [9.17, 15) is 9.59 Å². The van der Waals surface area contributed by atoms with Gasteiger partial charge in [0.15, 0.2) is 0 Å². The van der Waals surface area contributed by atoms with E-state index in [-0.39, 0.29) is 23.5 Å². The number of nitrogens with zero attached hydrogens (tertiary/aromatic N) is 2. The molecule has 0 fully saturated rings. The first-order valence-electron chi connectivity index (χ1n) is 9.86. The van der Waals surface area contributed by atoms with E-state index in [1.54, 1.807) is 18.8 Å². The van der Waals surface area contributed by atoms with Gasteiger partial charge in [-0.1, -0.05) is 24.3 Å². The Labute approximate surface area is 174 Å². The van der Waals surface area contributed by atoms with E-state index in [2.05, 4.69) is 0 Å². The molecule has 0 radical (unpaired) electrons. The molecule has 30 heavy (non-hydrogen) atoms. The zero-order valence-electron chi connectivity index (χ0n) is 17.1. The van der Waals surface area contributed by atoms with Crippen LogP contribution in [0.1, 0.15) is 23.2 Å². The quantitative estimate of drug-likeness (QED) is 0.627. The van der Waals surface area contributed by atoms with E-state index in [0.29, 0.717) is 25.3 Å². The van der Waals surface area contributed by atoms with E-state index < -0.39 is 0 Å². The number of benzene rings is 2. The number of methoxy groups -OCH3 is 2. The van der Waals surface area contributed by atoms with Crippen LogP contribution >= 0.6 is 0 Å². The van der Waals surface area contributed by atoms with Gasteiger partial charge in [-0.3, -0.25) is 13.9 Å². The highest BCUT2D eigenvalue weighted by Crippen LogP contribution is 2.21. The summed E-state index contributed by atoms with van der Waals surface area (Å²) in [4.78, 5) is 26.4. The second kappa shape index (κ2) is 8.49. The Morgan fingerprint density at radius 1 is 0.833 bits per heavy atom. The molecule has 3 aromatic rings. The SMILES string of the molecule is COc1ccc(Cn2c3c(c(=O)n(Cc4ccc(OC)cc4)c2=O)OCCC3)cc1. The van der Waals surface area contributed by atoms with Crippen LogP contribution in [0.2, 0.25) is 0 Å². The van der Waals surface area contributed by atoms with E-state index in [1.165, 1.54) is 4.57 Å². The molecule has 0 spiro atoms. The fraction of sp³-hybridized carbons (Fsp3) is 0.304. The summed E-state index contributed by atoms with van der Waals surface area (Å²) in [5.74, 6) is 1.75. The zero-order chi connectivity index (χ0) is 21.1. The molecule has 0 saturated carbocycles. The maximum atomic E-state index is 13.3. The van der Waals surface area contributed by atoms with Gasteiger partial charge in [0.25, 0.3) is 5.56 Å². The van der Waals surface area contributed by atoms with E-state index in [4.69, 9.17) is 14.2 Å². The summed E-state index contributed by atoms with van der Waals surface area (Å²) >= 11 is 0. The topological polar surface area (TPSA) is 71.7 Å². The monoisotopic (exact) mass is 408 g/mol. The molecular weight excluding hydrogens is 384 g/mol. The minimum absolute atomic E-state index is 0.168. The minimum Gasteiger partial charge on any atom is -0.497 e. The van der Waals surface area contributed by atoms with E-state index in [1.807, 2.05) is 48.5 Å². The molecular formula is C23H24N2O5. The molecule has 7 nitrogen and oxygen atoms in total. The van der Waals surface area contributed by atoms with Gasteiger partial charge in [0.1, 0.15) is 11.5 Å². The van der Waals surface area contributed by atoms with Crippen LogP contribution in [-0.4, -0.2) is 30.0 Å². The largest absolute Gasteiger partial charge is 0.497 e. The number of aromatic nitrogens is 2. The van der Waals surface area contributed by atoms with Gasteiger partial charge in [0.2, 0.25) is 5.75 Å². The van der Waals surface area contributed by atoms with Crippen molar-refractivity contribution in [3.05, 3.63) is 86.2 Å². The third-order valence-electron chi connectivity index (χ3n) is 5.29. The molecule has 0 N–H and O–H groups in total. The smallest absolute Gasteiger partial charge is 0.332 e. The maximum Gasteiger partial charge on any atom is 0.332 e. The average molecular weight is 408 g/mol. The standard InChI is InChI=1S/C23H24N2O5/c1-28-18-9-5-16(6-10-18)14-24-20-4-3-13-30-21(20)22(26)25(23(24)27)15-17-7-11-19(29-2)12-8-17/h5-12H,3-4,13-15H2,1-2H3. The first-order valence-corrected chi connectivity index (χ1v) is 9.86. The van der Waals surface area contributed by atoms with Crippen molar-refractivity contribution in [2.45, 2.75) is 25.9 Å². The summed E-state index contributed by atoms with van der Waals surface area (Å²) in [6.45, 7) is 1.00. The van der Waals surface area contributed by atoms with Crippen molar-refractivity contribution < 1.29 is 14.2 Å². The van der Waals surface area contributed by atoms with Gasteiger partial charge >= 0.3 is 5.69 Å². The fourth-order valence-electron chi connectivity index (χ4n) is 3.65. The van der Waals surface area contributed by atoms with Crippen LogP contribution in [0.4, 0.5) is 0 Å². The van der Waals surface area contributed by atoms with Gasteiger partial charge in [0, 0.05) is 0 Å². The molecule has 0 unspecified atom stereocenters. The van der Waals surface area contributed by atoms with Gasteiger partial charge in [-0.05, 0) is 48.2 Å². The summed E-state index contributed by atoms with van der Waals surface area (Å²) in [7, 11) is 3.21. The molecule has 0 aliphatic carbocycles. The molecule has 0 atom stereocenters. The average Bonchev–Trinajstić information content (AvgIpc) is 2.80. The van der Waals surface area contributed by atoms with Gasteiger partial charge in [-0.15, -0.1) is 0 Å². The van der Waals surface area contributed by atoms with Crippen LogP contribution in [0.25, 0.3) is 0 Å². The Morgan fingerprint density at radius 3 is 1.90 bits per heavy atom. The molecule has 0 amide bonds. The number of hydrogen-bond acceptors (Lipinski definition) is 5. The predicted molar refractivity (Wildman–Crippen MR) is 113 cm³/mol. The van der Waals surface area contributed by atoms with Gasteiger partial charge in [-0.2, -0.15) is 0 Å². The van der Waals surface area contributed by atoms with E-state index in [0.717, 1.165) is 29.0 Å².